The normalized spacial score (nSPS) is 12.7. The average Bonchev–Trinajstić information content (AvgIpc) is 2.92. The molecule has 0 bridgehead atoms. The Morgan fingerprint density at radius 2 is 2.05 bits per heavy atom. The highest BCUT2D eigenvalue weighted by Gasteiger charge is 2.15. The zero-order valence-corrected chi connectivity index (χ0v) is 13.4. The van der Waals surface area contributed by atoms with Crippen LogP contribution in [0.25, 0.3) is 6.08 Å². The highest BCUT2D eigenvalue weighted by atomic mass is 16.1. The van der Waals surface area contributed by atoms with Crippen LogP contribution in [0.15, 0.2) is 48.8 Å². The van der Waals surface area contributed by atoms with Gasteiger partial charge in [-0.05, 0) is 17.6 Å². The van der Waals surface area contributed by atoms with E-state index in [-0.39, 0.29) is 5.91 Å². The van der Waals surface area contributed by atoms with Gasteiger partial charge in [-0.15, -0.1) is 0 Å². The molecule has 22 heavy (non-hydrogen) atoms. The Morgan fingerprint density at radius 3 is 2.64 bits per heavy atom. The number of benzene rings is 1. The number of rotatable bonds is 6. The van der Waals surface area contributed by atoms with E-state index in [1.54, 1.807) is 23.0 Å². The van der Waals surface area contributed by atoms with Crippen LogP contribution in [0.2, 0.25) is 0 Å². The lowest BCUT2D eigenvalue weighted by Gasteiger charge is -2.21. The molecule has 0 saturated carbocycles. The van der Waals surface area contributed by atoms with Crippen LogP contribution in [-0.2, 0) is 11.8 Å². The molecule has 4 nitrogen and oxygen atoms in total. The molecule has 1 amide bonds. The van der Waals surface area contributed by atoms with Crippen molar-refractivity contribution in [1.82, 2.24) is 15.1 Å². The predicted molar refractivity (Wildman–Crippen MR) is 89.3 cm³/mol. The van der Waals surface area contributed by atoms with Crippen molar-refractivity contribution in [2.45, 2.75) is 19.8 Å². The number of hydrogen-bond donors (Lipinski definition) is 1. The zero-order valence-electron chi connectivity index (χ0n) is 13.4. The third-order valence-corrected chi connectivity index (χ3v) is 3.68. The van der Waals surface area contributed by atoms with Crippen LogP contribution in [0.5, 0.6) is 0 Å². The van der Waals surface area contributed by atoms with Crippen molar-refractivity contribution in [2.75, 3.05) is 6.54 Å². The monoisotopic (exact) mass is 297 g/mol. The lowest BCUT2D eigenvalue weighted by molar-refractivity contribution is -0.116. The van der Waals surface area contributed by atoms with E-state index in [2.05, 4.69) is 36.4 Å². The van der Waals surface area contributed by atoms with Crippen LogP contribution in [0.3, 0.4) is 0 Å². The Bertz CT molecular complexity index is 629. The van der Waals surface area contributed by atoms with Gasteiger partial charge in [-0.25, -0.2) is 0 Å². The molecule has 0 aliphatic rings. The number of aryl methyl sites for hydroxylation is 1. The molecule has 0 spiro atoms. The Labute approximate surface area is 131 Å². The maximum Gasteiger partial charge on any atom is 0.244 e. The van der Waals surface area contributed by atoms with Gasteiger partial charge in [-0.1, -0.05) is 44.2 Å². The van der Waals surface area contributed by atoms with Gasteiger partial charge in [0.2, 0.25) is 5.91 Å². The smallest absolute Gasteiger partial charge is 0.244 e. The van der Waals surface area contributed by atoms with Gasteiger partial charge in [-0.2, -0.15) is 5.10 Å². The number of hydrogen-bond acceptors (Lipinski definition) is 2. The molecule has 0 saturated heterocycles. The number of nitrogens with one attached hydrogen (secondary N) is 1. The maximum absolute atomic E-state index is 12.0. The molecule has 0 fully saturated rings. The van der Waals surface area contributed by atoms with Crippen LogP contribution in [0, 0.1) is 5.92 Å². The molecule has 1 atom stereocenters. The summed E-state index contributed by atoms with van der Waals surface area (Å²) in [4.78, 5) is 12.0. The zero-order chi connectivity index (χ0) is 15.9. The van der Waals surface area contributed by atoms with Gasteiger partial charge in [-0.3, -0.25) is 9.48 Å². The molecule has 0 aliphatic heterocycles. The van der Waals surface area contributed by atoms with E-state index < -0.39 is 0 Å². The lowest BCUT2D eigenvalue weighted by Crippen LogP contribution is -2.29. The summed E-state index contributed by atoms with van der Waals surface area (Å²) in [5.74, 6) is 0.701. The van der Waals surface area contributed by atoms with Crippen molar-refractivity contribution < 1.29 is 4.79 Å². The Hall–Kier alpha value is -2.36. The second-order valence-corrected chi connectivity index (χ2v) is 5.79. The molecule has 2 aromatic rings. The number of carbonyl (C=O) groups is 1. The number of carbonyl (C=O) groups excluding carboxylic acids is 1. The van der Waals surface area contributed by atoms with Gasteiger partial charge in [0.15, 0.2) is 0 Å². The molecule has 2 rings (SSSR count). The minimum Gasteiger partial charge on any atom is -0.352 e. The van der Waals surface area contributed by atoms with E-state index in [4.69, 9.17) is 0 Å². The van der Waals surface area contributed by atoms with Gasteiger partial charge >= 0.3 is 0 Å². The fraction of sp³-hybridized carbons (Fsp3) is 0.333. The standard InChI is InChI=1S/C18H23N3O/c1-14(2)17(16-7-5-4-6-8-16)12-19-18(22)10-9-15-11-20-21(3)13-15/h4-11,13-14,17H,12H2,1-3H3,(H,19,22)/b10-9+/t17-/m0/s1. The summed E-state index contributed by atoms with van der Waals surface area (Å²) in [7, 11) is 1.85. The number of nitrogens with zero attached hydrogens (tertiary/aromatic N) is 2. The van der Waals surface area contributed by atoms with Crippen LogP contribution in [-0.4, -0.2) is 22.2 Å². The average molecular weight is 297 g/mol. The van der Waals surface area contributed by atoms with Crippen molar-refractivity contribution in [3.05, 3.63) is 59.9 Å². The first-order valence-corrected chi connectivity index (χ1v) is 7.55. The quantitative estimate of drug-likeness (QED) is 0.833. The van der Waals surface area contributed by atoms with E-state index in [0.717, 1.165) is 5.56 Å². The number of aromatic nitrogens is 2. The highest BCUT2D eigenvalue weighted by Crippen LogP contribution is 2.23. The van der Waals surface area contributed by atoms with E-state index in [0.29, 0.717) is 18.4 Å². The van der Waals surface area contributed by atoms with Crippen LogP contribution >= 0.6 is 0 Å². The lowest BCUT2D eigenvalue weighted by atomic mass is 9.88. The molecule has 1 aromatic heterocycles. The molecular formula is C18H23N3O. The maximum atomic E-state index is 12.0. The van der Waals surface area contributed by atoms with Gasteiger partial charge in [0.05, 0.1) is 6.20 Å². The van der Waals surface area contributed by atoms with Crippen molar-refractivity contribution in [3.63, 3.8) is 0 Å². The summed E-state index contributed by atoms with van der Waals surface area (Å²) in [6.45, 7) is 4.99. The Morgan fingerprint density at radius 1 is 1.32 bits per heavy atom. The topological polar surface area (TPSA) is 46.9 Å². The van der Waals surface area contributed by atoms with Gasteiger partial charge in [0, 0.05) is 37.3 Å². The highest BCUT2D eigenvalue weighted by molar-refractivity contribution is 5.91. The second-order valence-electron chi connectivity index (χ2n) is 5.79. The van der Waals surface area contributed by atoms with Crippen LogP contribution in [0.1, 0.15) is 30.9 Å². The first-order valence-electron chi connectivity index (χ1n) is 7.55. The molecule has 1 N–H and O–H groups in total. The van der Waals surface area contributed by atoms with Crippen molar-refractivity contribution in [2.24, 2.45) is 13.0 Å². The molecule has 116 valence electrons. The summed E-state index contributed by atoms with van der Waals surface area (Å²) >= 11 is 0. The summed E-state index contributed by atoms with van der Waals surface area (Å²) in [6.07, 6.45) is 6.92. The van der Waals surface area contributed by atoms with E-state index >= 15 is 0 Å². The van der Waals surface area contributed by atoms with Gasteiger partial charge in [0.1, 0.15) is 0 Å². The van der Waals surface area contributed by atoms with E-state index in [1.807, 2.05) is 31.4 Å². The largest absolute Gasteiger partial charge is 0.352 e. The molecule has 1 heterocycles. The Balaban J connectivity index is 1.92. The van der Waals surface area contributed by atoms with E-state index in [9.17, 15) is 4.79 Å². The molecule has 0 radical (unpaired) electrons. The molecule has 4 heteroatoms. The molecule has 1 aromatic carbocycles. The third kappa shape index (κ3) is 4.58. The number of amides is 1. The molecule has 0 aliphatic carbocycles. The molecule has 0 unspecified atom stereocenters. The van der Waals surface area contributed by atoms with Gasteiger partial charge < -0.3 is 5.32 Å². The Kier molecular flexibility index (Phi) is 5.53. The summed E-state index contributed by atoms with van der Waals surface area (Å²) in [5, 5.41) is 7.05. The summed E-state index contributed by atoms with van der Waals surface area (Å²) < 4.78 is 1.71. The summed E-state index contributed by atoms with van der Waals surface area (Å²) in [5.41, 5.74) is 2.18. The van der Waals surface area contributed by atoms with Crippen molar-refractivity contribution >= 4 is 12.0 Å². The SMILES string of the molecule is CC(C)[C@H](CNC(=O)/C=C/c1cnn(C)c1)c1ccccc1. The van der Waals surface area contributed by atoms with Crippen molar-refractivity contribution in [1.29, 1.82) is 0 Å². The predicted octanol–water partition coefficient (Wildman–Crippen LogP) is 2.99. The second kappa shape index (κ2) is 7.59. The fourth-order valence-corrected chi connectivity index (χ4v) is 2.41. The van der Waals surface area contributed by atoms with Crippen LogP contribution < -0.4 is 5.32 Å². The minimum atomic E-state index is -0.0783. The van der Waals surface area contributed by atoms with Gasteiger partial charge in [0.25, 0.3) is 0 Å². The third-order valence-electron chi connectivity index (χ3n) is 3.68. The van der Waals surface area contributed by atoms with Crippen molar-refractivity contribution in [3.8, 4) is 0 Å². The summed E-state index contributed by atoms with van der Waals surface area (Å²) in [6, 6.07) is 10.3. The first kappa shape index (κ1) is 16.0. The first-order chi connectivity index (χ1) is 10.6. The van der Waals surface area contributed by atoms with E-state index in [1.165, 1.54) is 5.56 Å². The fourth-order valence-electron chi connectivity index (χ4n) is 2.41. The molecular weight excluding hydrogens is 274 g/mol. The minimum absolute atomic E-state index is 0.0783. The van der Waals surface area contributed by atoms with Crippen LogP contribution in [0.4, 0.5) is 0 Å².